The average molecular weight is 451 g/mol. The summed E-state index contributed by atoms with van der Waals surface area (Å²) in [5.74, 6) is 1.13. The summed E-state index contributed by atoms with van der Waals surface area (Å²) in [6, 6.07) is 8.10. The maximum absolute atomic E-state index is 12.4. The van der Waals surface area contributed by atoms with Gasteiger partial charge in [0, 0.05) is 32.2 Å². The number of nitrogens with one attached hydrogen (secondary N) is 1. The Morgan fingerprint density at radius 2 is 2.07 bits per heavy atom. The van der Waals surface area contributed by atoms with E-state index in [1.165, 1.54) is 0 Å². The molecule has 0 aliphatic carbocycles. The largest absolute Gasteiger partial charge is 0.376 e. The van der Waals surface area contributed by atoms with Gasteiger partial charge in [-0.1, -0.05) is 0 Å². The summed E-state index contributed by atoms with van der Waals surface area (Å²) in [5.41, 5.74) is 0.887. The summed E-state index contributed by atoms with van der Waals surface area (Å²) < 4.78 is 6.65. The van der Waals surface area contributed by atoms with Gasteiger partial charge >= 0.3 is 0 Å². The van der Waals surface area contributed by atoms with E-state index in [0.717, 1.165) is 65.6 Å². The van der Waals surface area contributed by atoms with Crippen molar-refractivity contribution in [1.29, 1.82) is 0 Å². The molecule has 0 saturated carbocycles. The smallest absolute Gasteiger partial charge is 0.223 e. The minimum absolute atomic E-state index is 0.0818. The normalized spacial score (nSPS) is 20.8. The van der Waals surface area contributed by atoms with E-state index < -0.39 is 0 Å². The second kappa shape index (κ2) is 8.67. The van der Waals surface area contributed by atoms with Gasteiger partial charge in [0.2, 0.25) is 5.91 Å². The lowest BCUT2D eigenvalue weighted by Gasteiger charge is -2.32. The number of anilines is 1. The first-order valence-corrected chi connectivity index (χ1v) is 11.0. The van der Waals surface area contributed by atoms with Gasteiger partial charge < -0.3 is 15.0 Å². The standard InChI is InChI=1S/C19H23BrN4O2S/c20-17-5-4-16(27-17)15-3-6-18(23-22-15)24-9-7-13(8-10-24)19(25)21-12-14-2-1-11-26-14/h3-6,13-14H,1-2,7-12H2,(H,21,25)/t14-/m0/s1. The van der Waals surface area contributed by atoms with Crippen molar-refractivity contribution >= 4 is 39.0 Å². The number of hydrogen-bond acceptors (Lipinski definition) is 6. The minimum atomic E-state index is 0.0818. The number of halogens is 1. The van der Waals surface area contributed by atoms with Crippen molar-refractivity contribution < 1.29 is 9.53 Å². The third kappa shape index (κ3) is 4.67. The van der Waals surface area contributed by atoms with Crippen LogP contribution in [0.1, 0.15) is 25.7 Å². The molecular weight excluding hydrogens is 428 g/mol. The Hall–Kier alpha value is -1.51. The summed E-state index contributed by atoms with van der Waals surface area (Å²) in [7, 11) is 0. The molecular formula is C19H23BrN4O2S. The molecule has 0 unspecified atom stereocenters. The van der Waals surface area contributed by atoms with Crippen molar-refractivity contribution in [3.63, 3.8) is 0 Å². The van der Waals surface area contributed by atoms with Crippen LogP contribution in [-0.4, -0.2) is 48.4 Å². The Kier molecular flexibility index (Phi) is 6.04. The highest BCUT2D eigenvalue weighted by Crippen LogP contribution is 2.30. The fourth-order valence-corrected chi connectivity index (χ4v) is 4.96. The quantitative estimate of drug-likeness (QED) is 0.754. The number of piperidine rings is 1. The van der Waals surface area contributed by atoms with Gasteiger partial charge in [-0.15, -0.1) is 21.5 Å². The Labute approximate surface area is 171 Å². The number of ether oxygens (including phenoxy) is 1. The second-order valence-electron chi connectivity index (χ2n) is 7.02. The molecule has 1 amide bonds. The molecule has 2 aliphatic rings. The van der Waals surface area contributed by atoms with E-state index in [9.17, 15) is 4.79 Å². The molecule has 144 valence electrons. The predicted octanol–water partition coefficient (Wildman–Crippen LogP) is 3.48. The first-order chi connectivity index (χ1) is 13.2. The lowest BCUT2D eigenvalue weighted by Crippen LogP contribution is -2.42. The zero-order valence-corrected chi connectivity index (χ0v) is 17.5. The Bertz CT molecular complexity index is 768. The van der Waals surface area contributed by atoms with Gasteiger partial charge in [-0.2, -0.15) is 0 Å². The summed E-state index contributed by atoms with van der Waals surface area (Å²) in [4.78, 5) is 15.7. The third-order valence-corrected chi connectivity index (χ3v) is 6.84. The van der Waals surface area contributed by atoms with Gasteiger partial charge in [0.15, 0.2) is 5.82 Å². The second-order valence-corrected chi connectivity index (χ2v) is 9.49. The van der Waals surface area contributed by atoms with Crippen LogP contribution >= 0.6 is 27.3 Å². The highest BCUT2D eigenvalue weighted by molar-refractivity contribution is 9.11. The molecule has 0 bridgehead atoms. The fourth-order valence-electron chi connectivity index (χ4n) is 3.61. The fraction of sp³-hybridized carbons (Fsp3) is 0.526. The van der Waals surface area contributed by atoms with Crippen molar-refractivity contribution in [2.45, 2.75) is 31.8 Å². The van der Waals surface area contributed by atoms with Gasteiger partial charge in [0.1, 0.15) is 5.69 Å². The van der Waals surface area contributed by atoms with E-state index >= 15 is 0 Å². The zero-order valence-electron chi connectivity index (χ0n) is 15.1. The third-order valence-electron chi connectivity index (χ3n) is 5.19. The zero-order chi connectivity index (χ0) is 18.6. The molecule has 0 aromatic carbocycles. The molecule has 2 aromatic rings. The molecule has 1 N–H and O–H groups in total. The van der Waals surface area contributed by atoms with E-state index in [-0.39, 0.29) is 17.9 Å². The molecule has 27 heavy (non-hydrogen) atoms. The Balaban J connectivity index is 1.27. The summed E-state index contributed by atoms with van der Waals surface area (Å²) >= 11 is 5.12. The molecule has 4 heterocycles. The SMILES string of the molecule is O=C(NC[C@@H]1CCCO1)C1CCN(c2ccc(-c3ccc(Br)s3)nn2)CC1. The van der Waals surface area contributed by atoms with Crippen molar-refractivity contribution in [2.75, 3.05) is 31.1 Å². The van der Waals surface area contributed by atoms with Crippen LogP contribution in [0.5, 0.6) is 0 Å². The summed E-state index contributed by atoms with van der Waals surface area (Å²) in [6.07, 6.45) is 4.04. The van der Waals surface area contributed by atoms with Gasteiger partial charge in [0.25, 0.3) is 0 Å². The van der Waals surface area contributed by atoms with Crippen LogP contribution < -0.4 is 10.2 Å². The van der Waals surface area contributed by atoms with E-state index in [1.54, 1.807) is 11.3 Å². The number of amides is 1. The molecule has 4 rings (SSSR count). The minimum Gasteiger partial charge on any atom is -0.376 e. The highest BCUT2D eigenvalue weighted by Gasteiger charge is 2.26. The molecule has 1 atom stereocenters. The van der Waals surface area contributed by atoms with Crippen LogP contribution in [0.2, 0.25) is 0 Å². The number of carbonyl (C=O) groups excluding carboxylic acids is 1. The van der Waals surface area contributed by atoms with E-state index in [0.29, 0.717) is 6.54 Å². The number of thiophene rings is 1. The maximum Gasteiger partial charge on any atom is 0.223 e. The summed E-state index contributed by atoms with van der Waals surface area (Å²) in [6.45, 7) is 3.13. The number of aromatic nitrogens is 2. The molecule has 2 aliphatic heterocycles. The van der Waals surface area contributed by atoms with Crippen LogP contribution in [0, 0.1) is 5.92 Å². The van der Waals surface area contributed by atoms with E-state index in [4.69, 9.17) is 4.74 Å². The van der Waals surface area contributed by atoms with Gasteiger partial charge in [-0.25, -0.2) is 0 Å². The van der Waals surface area contributed by atoms with Crippen LogP contribution in [0.3, 0.4) is 0 Å². The molecule has 0 spiro atoms. The Morgan fingerprint density at radius 1 is 1.22 bits per heavy atom. The van der Waals surface area contributed by atoms with Crippen LogP contribution in [0.15, 0.2) is 28.1 Å². The van der Waals surface area contributed by atoms with Gasteiger partial charge in [-0.3, -0.25) is 4.79 Å². The highest BCUT2D eigenvalue weighted by atomic mass is 79.9. The summed E-state index contributed by atoms with van der Waals surface area (Å²) in [5, 5.41) is 11.8. The number of rotatable bonds is 5. The maximum atomic E-state index is 12.4. The predicted molar refractivity (Wildman–Crippen MR) is 110 cm³/mol. The van der Waals surface area contributed by atoms with E-state index in [1.807, 2.05) is 24.3 Å². The van der Waals surface area contributed by atoms with Crippen molar-refractivity contribution in [1.82, 2.24) is 15.5 Å². The Morgan fingerprint density at radius 3 is 2.70 bits per heavy atom. The molecule has 2 aromatic heterocycles. The molecule has 2 fully saturated rings. The topological polar surface area (TPSA) is 67.3 Å². The first kappa shape index (κ1) is 18.8. The lowest BCUT2D eigenvalue weighted by atomic mass is 9.96. The lowest BCUT2D eigenvalue weighted by molar-refractivity contribution is -0.126. The van der Waals surface area contributed by atoms with E-state index in [2.05, 4.69) is 36.3 Å². The number of hydrogen-bond donors (Lipinski definition) is 1. The monoisotopic (exact) mass is 450 g/mol. The van der Waals surface area contributed by atoms with Crippen LogP contribution in [0.25, 0.3) is 10.6 Å². The average Bonchev–Trinajstić information content (AvgIpc) is 3.38. The van der Waals surface area contributed by atoms with Crippen LogP contribution in [-0.2, 0) is 9.53 Å². The molecule has 6 nitrogen and oxygen atoms in total. The van der Waals surface area contributed by atoms with Gasteiger partial charge in [0.05, 0.1) is 14.8 Å². The van der Waals surface area contributed by atoms with Gasteiger partial charge in [-0.05, 0) is 65.9 Å². The van der Waals surface area contributed by atoms with Crippen molar-refractivity contribution in [3.05, 3.63) is 28.1 Å². The first-order valence-electron chi connectivity index (χ1n) is 9.43. The number of carbonyl (C=O) groups is 1. The number of nitrogens with zero attached hydrogens (tertiary/aromatic N) is 3. The molecule has 0 radical (unpaired) electrons. The van der Waals surface area contributed by atoms with Crippen molar-refractivity contribution in [2.24, 2.45) is 5.92 Å². The van der Waals surface area contributed by atoms with Crippen LogP contribution in [0.4, 0.5) is 5.82 Å². The molecule has 2 saturated heterocycles. The molecule has 8 heteroatoms. The van der Waals surface area contributed by atoms with Crippen molar-refractivity contribution in [3.8, 4) is 10.6 Å².